The molecule has 0 aliphatic heterocycles. The largest absolute Gasteiger partial charge is 0.327 e. The lowest BCUT2D eigenvalue weighted by molar-refractivity contribution is 0.521. The summed E-state index contributed by atoms with van der Waals surface area (Å²) >= 11 is 3.32. The molecule has 10 nitrogen and oxygen atoms in total. The van der Waals surface area contributed by atoms with Crippen LogP contribution in [0.5, 0.6) is 0 Å². The van der Waals surface area contributed by atoms with E-state index in [4.69, 9.17) is 0 Å². The Kier molecular flexibility index (Phi) is 5.03. The Morgan fingerprint density at radius 3 is 2.63 bits per heavy atom. The molecule has 0 radical (unpaired) electrons. The summed E-state index contributed by atoms with van der Waals surface area (Å²) in [4.78, 5) is 22.1. The van der Waals surface area contributed by atoms with Gasteiger partial charge in [0.25, 0.3) is 5.56 Å². The standard InChI is InChI=1S/C18H20BrN7O3S/c1-5-26-13-7-6-11(30(28,29)23(2)3)8-12(13)21-14(26)9-25-10-20-17-15(18(25)27)16(19)22-24(17)4/h6-8,10H,5,9H2,1-4H3. The molecule has 0 atom stereocenters. The van der Waals surface area contributed by atoms with Gasteiger partial charge in [-0.05, 0) is 41.1 Å². The number of imidazole rings is 1. The van der Waals surface area contributed by atoms with Crippen LogP contribution in [-0.4, -0.2) is 55.7 Å². The van der Waals surface area contributed by atoms with Crippen molar-refractivity contribution >= 4 is 48.0 Å². The van der Waals surface area contributed by atoms with Crippen LogP contribution in [-0.2, 0) is 30.2 Å². The Balaban J connectivity index is 1.83. The lowest BCUT2D eigenvalue weighted by Crippen LogP contribution is -2.23. The van der Waals surface area contributed by atoms with E-state index >= 15 is 0 Å². The number of halogens is 1. The third-order valence-electron chi connectivity index (χ3n) is 4.97. The molecule has 0 spiro atoms. The molecular weight excluding hydrogens is 474 g/mol. The van der Waals surface area contributed by atoms with Crippen molar-refractivity contribution in [3.63, 3.8) is 0 Å². The van der Waals surface area contributed by atoms with Gasteiger partial charge in [0, 0.05) is 27.7 Å². The molecule has 4 aromatic rings. The number of fused-ring (bicyclic) bond motifs is 2. The molecule has 0 bridgehead atoms. The van der Waals surface area contributed by atoms with E-state index in [1.54, 1.807) is 29.9 Å². The summed E-state index contributed by atoms with van der Waals surface area (Å²) < 4.78 is 31.5. The Morgan fingerprint density at radius 1 is 1.23 bits per heavy atom. The van der Waals surface area contributed by atoms with Crippen LogP contribution < -0.4 is 5.56 Å². The highest BCUT2D eigenvalue weighted by atomic mass is 79.9. The Labute approximate surface area is 180 Å². The lowest BCUT2D eigenvalue weighted by atomic mass is 10.3. The predicted octanol–water partition coefficient (Wildman–Crippen LogP) is 1.56. The van der Waals surface area contributed by atoms with E-state index in [0.717, 1.165) is 9.82 Å². The molecule has 12 heteroatoms. The van der Waals surface area contributed by atoms with Crippen LogP contribution in [0.3, 0.4) is 0 Å². The van der Waals surface area contributed by atoms with E-state index in [0.29, 0.717) is 33.5 Å². The molecule has 158 valence electrons. The van der Waals surface area contributed by atoms with Crippen molar-refractivity contribution in [3.8, 4) is 0 Å². The molecule has 0 amide bonds. The third-order valence-corrected chi connectivity index (χ3v) is 7.34. The normalized spacial score (nSPS) is 12.5. The first-order valence-electron chi connectivity index (χ1n) is 9.14. The number of aryl methyl sites for hydroxylation is 2. The zero-order valence-corrected chi connectivity index (χ0v) is 19.3. The van der Waals surface area contributed by atoms with Crippen molar-refractivity contribution in [2.45, 2.75) is 24.9 Å². The van der Waals surface area contributed by atoms with Crippen LogP contribution >= 0.6 is 15.9 Å². The van der Waals surface area contributed by atoms with E-state index in [-0.39, 0.29) is 17.0 Å². The minimum atomic E-state index is -3.57. The number of sulfonamides is 1. The van der Waals surface area contributed by atoms with Crippen LogP contribution in [0.25, 0.3) is 22.1 Å². The number of hydrogen-bond acceptors (Lipinski definition) is 6. The summed E-state index contributed by atoms with van der Waals surface area (Å²) in [5, 5.41) is 4.59. The van der Waals surface area contributed by atoms with Gasteiger partial charge in [0.2, 0.25) is 10.0 Å². The van der Waals surface area contributed by atoms with E-state index in [9.17, 15) is 13.2 Å². The molecule has 0 aliphatic rings. The average Bonchev–Trinajstić information content (AvgIpc) is 3.19. The first-order chi connectivity index (χ1) is 14.1. The van der Waals surface area contributed by atoms with Gasteiger partial charge < -0.3 is 4.57 Å². The SMILES string of the molecule is CCn1c(Cn2cnc3c(c(Br)nn3C)c2=O)nc2cc(S(=O)(=O)N(C)C)ccc21. The summed E-state index contributed by atoms with van der Waals surface area (Å²) in [6, 6.07) is 4.87. The van der Waals surface area contributed by atoms with Crippen LogP contribution in [0.4, 0.5) is 0 Å². The Morgan fingerprint density at radius 2 is 1.97 bits per heavy atom. The molecule has 1 aromatic carbocycles. The minimum absolute atomic E-state index is 0.173. The maximum absolute atomic E-state index is 13.0. The zero-order chi connectivity index (χ0) is 21.8. The lowest BCUT2D eigenvalue weighted by Gasteiger charge is -2.11. The van der Waals surface area contributed by atoms with Gasteiger partial charge in [-0.15, -0.1) is 0 Å². The van der Waals surface area contributed by atoms with Crippen LogP contribution in [0.15, 0.2) is 38.8 Å². The van der Waals surface area contributed by atoms with E-state index in [1.807, 2.05) is 11.5 Å². The number of nitrogens with zero attached hydrogens (tertiary/aromatic N) is 7. The molecule has 3 aromatic heterocycles. The second-order valence-corrected chi connectivity index (χ2v) is 9.90. The molecule has 0 fully saturated rings. The van der Waals surface area contributed by atoms with Crippen LogP contribution in [0.2, 0.25) is 0 Å². The van der Waals surface area contributed by atoms with Gasteiger partial charge in [0.15, 0.2) is 5.65 Å². The number of hydrogen-bond donors (Lipinski definition) is 0. The van der Waals surface area contributed by atoms with Crippen molar-refractivity contribution in [1.29, 1.82) is 0 Å². The molecule has 0 aliphatic carbocycles. The smallest absolute Gasteiger partial charge is 0.266 e. The number of benzene rings is 1. The van der Waals surface area contributed by atoms with Gasteiger partial charge in [0.05, 0.1) is 22.5 Å². The summed E-state index contributed by atoms with van der Waals surface area (Å²) in [5.74, 6) is 0.634. The Hall–Kier alpha value is -2.57. The topological polar surface area (TPSA) is 108 Å². The maximum Gasteiger partial charge on any atom is 0.266 e. The molecule has 0 saturated carbocycles. The minimum Gasteiger partial charge on any atom is -0.327 e. The highest BCUT2D eigenvalue weighted by molar-refractivity contribution is 9.10. The third kappa shape index (κ3) is 3.15. The van der Waals surface area contributed by atoms with Crippen molar-refractivity contribution in [2.75, 3.05) is 14.1 Å². The monoisotopic (exact) mass is 493 g/mol. The Bertz CT molecular complexity index is 1450. The highest BCUT2D eigenvalue weighted by Crippen LogP contribution is 2.23. The van der Waals surface area contributed by atoms with E-state index < -0.39 is 10.0 Å². The quantitative estimate of drug-likeness (QED) is 0.417. The van der Waals surface area contributed by atoms with Gasteiger partial charge in [-0.25, -0.2) is 27.4 Å². The molecule has 3 heterocycles. The average molecular weight is 494 g/mol. The molecule has 0 unspecified atom stereocenters. The number of rotatable bonds is 5. The second-order valence-electron chi connectivity index (χ2n) is 7.00. The fraction of sp³-hybridized carbons (Fsp3) is 0.333. The summed E-state index contributed by atoms with van der Waals surface area (Å²) in [7, 11) is 1.13. The van der Waals surface area contributed by atoms with Crippen molar-refractivity contribution in [2.24, 2.45) is 7.05 Å². The van der Waals surface area contributed by atoms with Gasteiger partial charge >= 0.3 is 0 Å². The van der Waals surface area contributed by atoms with Crippen molar-refractivity contribution < 1.29 is 8.42 Å². The van der Waals surface area contributed by atoms with Gasteiger partial charge in [0.1, 0.15) is 22.1 Å². The van der Waals surface area contributed by atoms with Crippen LogP contribution in [0.1, 0.15) is 12.7 Å². The second kappa shape index (κ2) is 7.29. The first kappa shape index (κ1) is 20.7. The molecule has 4 rings (SSSR count). The zero-order valence-electron chi connectivity index (χ0n) is 16.9. The molecule has 0 saturated heterocycles. The van der Waals surface area contributed by atoms with E-state index in [1.165, 1.54) is 25.0 Å². The molecule has 30 heavy (non-hydrogen) atoms. The van der Waals surface area contributed by atoms with Crippen LogP contribution in [0, 0.1) is 0 Å². The fourth-order valence-electron chi connectivity index (χ4n) is 3.40. The summed E-state index contributed by atoms with van der Waals surface area (Å²) in [5.41, 5.74) is 1.62. The van der Waals surface area contributed by atoms with Gasteiger partial charge in [-0.3, -0.25) is 9.36 Å². The fourth-order valence-corrected chi connectivity index (χ4v) is 4.91. The van der Waals surface area contributed by atoms with Gasteiger partial charge in [-0.2, -0.15) is 5.10 Å². The van der Waals surface area contributed by atoms with Crippen molar-refractivity contribution in [3.05, 3.63) is 45.3 Å². The van der Waals surface area contributed by atoms with Crippen molar-refractivity contribution in [1.82, 2.24) is 33.2 Å². The first-order valence-corrected chi connectivity index (χ1v) is 11.4. The predicted molar refractivity (Wildman–Crippen MR) is 116 cm³/mol. The highest BCUT2D eigenvalue weighted by Gasteiger charge is 2.20. The number of aromatic nitrogens is 6. The molecule has 0 N–H and O–H groups in total. The summed E-state index contributed by atoms with van der Waals surface area (Å²) in [6.07, 6.45) is 1.47. The van der Waals surface area contributed by atoms with E-state index in [2.05, 4.69) is 31.0 Å². The van der Waals surface area contributed by atoms with Gasteiger partial charge in [-0.1, -0.05) is 0 Å². The maximum atomic E-state index is 13.0. The summed E-state index contributed by atoms with van der Waals surface area (Å²) in [6.45, 7) is 2.78. The molecular formula is C18H20BrN7O3S.